The van der Waals surface area contributed by atoms with E-state index in [0.29, 0.717) is 12.5 Å². The third-order valence-corrected chi connectivity index (χ3v) is 5.47. The molecule has 1 aromatic carbocycles. The van der Waals surface area contributed by atoms with Gasteiger partial charge in [-0.1, -0.05) is 12.1 Å². The van der Waals surface area contributed by atoms with Gasteiger partial charge in [-0.3, -0.25) is 9.48 Å². The molecule has 0 aliphatic carbocycles. The van der Waals surface area contributed by atoms with E-state index in [4.69, 9.17) is 0 Å². The van der Waals surface area contributed by atoms with Gasteiger partial charge in [0.05, 0.1) is 30.0 Å². The van der Waals surface area contributed by atoms with Crippen LogP contribution in [0.1, 0.15) is 41.4 Å². The maximum atomic E-state index is 12.7. The van der Waals surface area contributed by atoms with E-state index in [1.165, 1.54) is 5.56 Å². The van der Waals surface area contributed by atoms with E-state index in [1.807, 2.05) is 53.9 Å². The number of carbonyl (C=O) groups excluding carboxylic acids is 1. The Labute approximate surface area is 165 Å². The number of hydrogen-bond donors (Lipinski definition) is 0. The van der Waals surface area contributed by atoms with Crippen molar-refractivity contribution in [1.29, 1.82) is 0 Å². The number of rotatable bonds is 4. The predicted molar refractivity (Wildman–Crippen MR) is 109 cm³/mol. The molecule has 6 nitrogen and oxygen atoms in total. The third kappa shape index (κ3) is 3.86. The Morgan fingerprint density at radius 2 is 1.82 bits per heavy atom. The van der Waals surface area contributed by atoms with Gasteiger partial charge in [-0.15, -0.1) is 0 Å². The van der Waals surface area contributed by atoms with E-state index in [-0.39, 0.29) is 5.91 Å². The van der Waals surface area contributed by atoms with Gasteiger partial charge in [0, 0.05) is 25.0 Å². The summed E-state index contributed by atoms with van der Waals surface area (Å²) in [6.45, 7) is 7.69. The van der Waals surface area contributed by atoms with E-state index in [0.717, 1.165) is 48.6 Å². The van der Waals surface area contributed by atoms with Crippen LogP contribution in [0.3, 0.4) is 0 Å². The molecule has 2 aromatic heterocycles. The molecule has 1 aliphatic rings. The zero-order valence-corrected chi connectivity index (χ0v) is 16.8. The van der Waals surface area contributed by atoms with Crippen LogP contribution in [0, 0.1) is 20.8 Å². The highest BCUT2D eigenvalue weighted by Gasteiger charge is 2.24. The van der Waals surface area contributed by atoms with Crippen LogP contribution in [0.25, 0.3) is 5.69 Å². The summed E-state index contributed by atoms with van der Waals surface area (Å²) in [4.78, 5) is 14.7. The lowest BCUT2D eigenvalue weighted by Crippen LogP contribution is -2.39. The first-order valence-electron chi connectivity index (χ1n) is 9.91. The van der Waals surface area contributed by atoms with Crippen molar-refractivity contribution in [2.24, 2.45) is 0 Å². The molecule has 0 N–H and O–H groups in total. The summed E-state index contributed by atoms with van der Waals surface area (Å²) < 4.78 is 3.98. The van der Waals surface area contributed by atoms with E-state index in [2.05, 4.69) is 34.1 Å². The molecule has 6 heteroatoms. The normalized spacial score (nSPS) is 15.2. The van der Waals surface area contributed by atoms with Crippen molar-refractivity contribution in [3.05, 3.63) is 65.2 Å². The first-order valence-corrected chi connectivity index (χ1v) is 9.91. The molecule has 0 bridgehead atoms. The molecular weight excluding hydrogens is 350 g/mol. The molecule has 0 spiro atoms. The Bertz CT molecular complexity index is 961. The van der Waals surface area contributed by atoms with Crippen LogP contribution in [0.2, 0.25) is 0 Å². The minimum absolute atomic E-state index is 0.203. The van der Waals surface area contributed by atoms with Crippen molar-refractivity contribution >= 4 is 5.91 Å². The Kier molecular flexibility index (Phi) is 5.03. The van der Waals surface area contributed by atoms with Crippen molar-refractivity contribution in [1.82, 2.24) is 24.5 Å². The fourth-order valence-electron chi connectivity index (χ4n) is 3.94. The van der Waals surface area contributed by atoms with Crippen molar-refractivity contribution in [2.75, 3.05) is 13.1 Å². The first-order chi connectivity index (χ1) is 13.5. The molecule has 0 saturated carbocycles. The van der Waals surface area contributed by atoms with Gasteiger partial charge < -0.3 is 4.90 Å². The fourth-order valence-corrected chi connectivity index (χ4v) is 3.94. The Morgan fingerprint density at radius 3 is 2.39 bits per heavy atom. The Morgan fingerprint density at radius 1 is 1.11 bits per heavy atom. The molecule has 0 unspecified atom stereocenters. The summed E-state index contributed by atoms with van der Waals surface area (Å²) in [6, 6.07) is 10.6. The molecule has 3 heterocycles. The summed E-state index contributed by atoms with van der Waals surface area (Å²) in [7, 11) is 0. The summed E-state index contributed by atoms with van der Waals surface area (Å²) in [5.41, 5.74) is 5.36. The SMILES string of the molecule is Cc1cnn(C2CCN(C(=O)Cc3ccc(-n4nc(C)cc4C)cc3)CC2)c1. The number of amides is 1. The molecule has 1 saturated heterocycles. The highest BCUT2D eigenvalue weighted by Crippen LogP contribution is 2.23. The summed E-state index contributed by atoms with van der Waals surface area (Å²) in [6.07, 6.45) is 6.36. The molecule has 3 aromatic rings. The number of carbonyl (C=O) groups is 1. The van der Waals surface area contributed by atoms with Crippen LogP contribution in [-0.4, -0.2) is 43.5 Å². The zero-order chi connectivity index (χ0) is 19.7. The van der Waals surface area contributed by atoms with Crippen LogP contribution in [0.5, 0.6) is 0 Å². The van der Waals surface area contributed by atoms with Crippen molar-refractivity contribution in [3.8, 4) is 5.69 Å². The smallest absolute Gasteiger partial charge is 0.226 e. The van der Waals surface area contributed by atoms with Gasteiger partial charge in [-0.05, 0) is 62.9 Å². The summed E-state index contributed by atoms with van der Waals surface area (Å²) in [5, 5.41) is 8.94. The zero-order valence-electron chi connectivity index (χ0n) is 16.8. The molecule has 0 radical (unpaired) electrons. The van der Waals surface area contributed by atoms with Gasteiger partial charge in [0.2, 0.25) is 5.91 Å². The summed E-state index contributed by atoms with van der Waals surface area (Å²) >= 11 is 0. The largest absolute Gasteiger partial charge is 0.342 e. The first kappa shape index (κ1) is 18.5. The van der Waals surface area contributed by atoms with Gasteiger partial charge in [0.25, 0.3) is 0 Å². The van der Waals surface area contributed by atoms with Crippen LogP contribution in [0.15, 0.2) is 42.7 Å². The van der Waals surface area contributed by atoms with Crippen LogP contribution in [0.4, 0.5) is 0 Å². The van der Waals surface area contributed by atoms with Gasteiger partial charge in [0.15, 0.2) is 0 Å². The predicted octanol–water partition coefficient (Wildman–Crippen LogP) is 3.40. The number of aryl methyl sites for hydroxylation is 3. The van der Waals surface area contributed by atoms with Crippen molar-refractivity contribution in [2.45, 2.75) is 46.1 Å². The minimum atomic E-state index is 0.203. The van der Waals surface area contributed by atoms with Gasteiger partial charge in [0.1, 0.15) is 0 Å². The third-order valence-electron chi connectivity index (χ3n) is 5.47. The van der Waals surface area contributed by atoms with Gasteiger partial charge >= 0.3 is 0 Å². The topological polar surface area (TPSA) is 56.0 Å². The van der Waals surface area contributed by atoms with Gasteiger partial charge in [-0.2, -0.15) is 10.2 Å². The molecule has 4 rings (SSSR count). The van der Waals surface area contributed by atoms with Crippen molar-refractivity contribution < 1.29 is 4.79 Å². The van der Waals surface area contributed by atoms with E-state index < -0.39 is 0 Å². The van der Waals surface area contributed by atoms with Crippen LogP contribution < -0.4 is 0 Å². The molecule has 0 atom stereocenters. The lowest BCUT2D eigenvalue weighted by molar-refractivity contribution is -0.131. The average molecular weight is 377 g/mol. The average Bonchev–Trinajstić information content (AvgIpc) is 3.27. The molecule has 1 aliphatic heterocycles. The van der Waals surface area contributed by atoms with Gasteiger partial charge in [-0.25, -0.2) is 4.68 Å². The molecular formula is C22H27N5O. The van der Waals surface area contributed by atoms with E-state index in [1.54, 1.807) is 0 Å². The number of piperidine rings is 1. The highest BCUT2D eigenvalue weighted by molar-refractivity contribution is 5.79. The van der Waals surface area contributed by atoms with Crippen molar-refractivity contribution in [3.63, 3.8) is 0 Å². The number of hydrogen-bond acceptors (Lipinski definition) is 3. The fraction of sp³-hybridized carbons (Fsp3) is 0.409. The highest BCUT2D eigenvalue weighted by atomic mass is 16.2. The molecule has 28 heavy (non-hydrogen) atoms. The molecule has 1 fully saturated rings. The second kappa shape index (κ2) is 7.62. The number of benzene rings is 1. The van der Waals surface area contributed by atoms with Crippen LogP contribution in [-0.2, 0) is 11.2 Å². The second-order valence-electron chi connectivity index (χ2n) is 7.79. The minimum Gasteiger partial charge on any atom is -0.342 e. The maximum Gasteiger partial charge on any atom is 0.226 e. The molecule has 1 amide bonds. The lowest BCUT2D eigenvalue weighted by atomic mass is 10.0. The van der Waals surface area contributed by atoms with E-state index in [9.17, 15) is 4.79 Å². The van der Waals surface area contributed by atoms with E-state index >= 15 is 0 Å². The number of nitrogens with zero attached hydrogens (tertiary/aromatic N) is 5. The van der Waals surface area contributed by atoms with Crippen LogP contribution >= 0.6 is 0 Å². The number of aromatic nitrogens is 4. The standard InChI is InChI=1S/C22H27N5O/c1-16-14-23-26(15-16)20-8-10-25(11-9-20)22(28)13-19-4-6-21(7-5-19)27-18(3)12-17(2)24-27/h4-7,12,14-15,20H,8-11,13H2,1-3H3. The Hall–Kier alpha value is -2.89. The molecule has 146 valence electrons. The second-order valence-corrected chi connectivity index (χ2v) is 7.79. The maximum absolute atomic E-state index is 12.7. The number of likely N-dealkylation sites (tertiary alicyclic amines) is 1. The monoisotopic (exact) mass is 377 g/mol. The lowest BCUT2D eigenvalue weighted by Gasteiger charge is -2.32. The Balaban J connectivity index is 1.34. The quantitative estimate of drug-likeness (QED) is 0.700. The summed E-state index contributed by atoms with van der Waals surface area (Å²) in [5.74, 6) is 0.203.